The molecule has 0 unspecified atom stereocenters. The zero-order valence-electron chi connectivity index (χ0n) is 18.3. The molecule has 1 aromatic carbocycles. The molecule has 0 radical (unpaired) electrons. The highest BCUT2D eigenvalue weighted by Crippen LogP contribution is 2.20. The van der Waals surface area contributed by atoms with E-state index < -0.39 is 0 Å². The Hall–Kier alpha value is -3.37. The molecule has 1 aliphatic heterocycles. The molecule has 10 heteroatoms. The van der Waals surface area contributed by atoms with Gasteiger partial charge >= 0.3 is 0 Å². The van der Waals surface area contributed by atoms with E-state index in [9.17, 15) is 4.79 Å². The summed E-state index contributed by atoms with van der Waals surface area (Å²) >= 11 is 1.58. The normalized spacial score (nSPS) is 14.6. The van der Waals surface area contributed by atoms with Gasteiger partial charge in [0.05, 0.1) is 6.54 Å². The Labute approximate surface area is 195 Å². The number of rotatable bonds is 7. The van der Waals surface area contributed by atoms with Crippen molar-refractivity contribution in [2.75, 3.05) is 26.2 Å². The third-order valence-electron chi connectivity index (χ3n) is 5.66. The van der Waals surface area contributed by atoms with Crippen LogP contribution in [0, 0.1) is 6.92 Å². The predicted molar refractivity (Wildman–Crippen MR) is 122 cm³/mol. The molecule has 0 N–H and O–H groups in total. The quantitative estimate of drug-likeness (QED) is 0.410. The number of nitrogens with zero attached hydrogens (tertiary/aromatic N) is 6. The van der Waals surface area contributed by atoms with E-state index in [0.29, 0.717) is 55.9 Å². The lowest BCUT2D eigenvalue weighted by Gasteiger charge is -2.33. The molecule has 0 saturated carbocycles. The van der Waals surface area contributed by atoms with E-state index in [0.717, 1.165) is 24.2 Å². The van der Waals surface area contributed by atoms with Crippen molar-refractivity contribution >= 4 is 17.2 Å². The topological polar surface area (TPSA) is 101 Å². The molecular formula is C23H24N6O3S. The van der Waals surface area contributed by atoms with Crippen LogP contribution in [0.1, 0.15) is 23.8 Å². The van der Waals surface area contributed by atoms with Crippen LogP contribution < -0.4 is 0 Å². The maximum Gasteiger partial charge on any atom is 0.241 e. The van der Waals surface area contributed by atoms with Gasteiger partial charge in [-0.25, -0.2) is 0 Å². The summed E-state index contributed by atoms with van der Waals surface area (Å²) in [5, 5.41) is 12.0. The summed E-state index contributed by atoms with van der Waals surface area (Å²) in [4.78, 5) is 25.6. The molecule has 0 spiro atoms. The van der Waals surface area contributed by atoms with E-state index in [1.54, 1.807) is 11.3 Å². The van der Waals surface area contributed by atoms with Crippen LogP contribution in [0.2, 0.25) is 0 Å². The van der Waals surface area contributed by atoms with E-state index in [1.807, 2.05) is 52.9 Å². The van der Waals surface area contributed by atoms with Crippen LogP contribution in [0.15, 0.2) is 50.1 Å². The number of carbonyl (C=O) groups excluding carboxylic acids is 1. The van der Waals surface area contributed by atoms with Gasteiger partial charge in [0.2, 0.25) is 29.3 Å². The summed E-state index contributed by atoms with van der Waals surface area (Å²) in [5.74, 6) is 2.34. The zero-order chi connectivity index (χ0) is 22.6. The Kier molecular flexibility index (Phi) is 6.27. The minimum atomic E-state index is 0.101. The third kappa shape index (κ3) is 5.18. The van der Waals surface area contributed by atoms with Crippen molar-refractivity contribution < 1.29 is 13.8 Å². The maximum atomic E-state index is 12.6. The van der Waals surface area contributed by atoms with Crippen LogP contribution in [0.25, 0.3) is 22.8 Å². The van der Waals surface area contributed by atoms with Crippen molar-refractivity contribution in [3.8, 4) is 22.8 Å². The second-order valence-corrected chi connectivity index (χ2v) is 8.84. The fourth-order valence-electron chi connectivity index (χ4n) is 3.72. The molecule has 4 heterocycles. The Morgan fingerprint density at radius 1 is 0.939 bits per heavy atom. The summed E-state index contributed by atoms with van der Waals surface area (Å²) in [6, 6.07) is 9.99. The van der Waals surface area contributed by atoms with E-state index in [1.165, 1.54) is 5.56 Å². The van der Waals surface area contributed by atoms with Gasteiger partial charge in [-0.05, 0) is 18.4 Å². The van der Waals surface area contributed by atoms with Crippen molar-refractivity contribution in [1.29, 1.82) is 0 Å². The largest absolute Gasteiger partial charge is 0.340 e. The van der Waals surface area contributed by atoms with Gasteiger partial charge in [0.25, 0.3) is 0 Å². The summed E-state index contributed by atoms with van der Waals surface area (Å²) in [7, 11) is 0. The minimum Gasteiger partial charge on any atom is -0.340 e. The number of amides is 1. The SMILES string of the molecule is Cc1ccc(-c2noc(CN3CCN(C(=O)CCc4nc(-c5ccsc5)no4)CC3)n2)cc1. The molecule has 3 aromatic heterocycles. The summed E-state index contributed by atoms with van der Waals surface area (Å²) in [6.07, 6.45) is 0.800. The second-order valence-electron chi connectivity index (χ2n) is 8.06. The molecule has 33 heavy (non-hydrogen) atoms. The fourth-order valence-corrected chi connectivity index (χ4v) is 4.36. The van der Waals surface area contributed by atoms with E-state index in [-0.39, 0.29) is 5.91 Å². The molecular weight excluding hydrogens is 440 g/mol. The Balaban J connectivity index is 1.08. The Morgan fingerprint density at radius 2 is 1.64 bits per heavy atom. The van der Waals surface area contributed by atoms with Crippen molar-refractivity contribution in [1.82, 2.24) is 30.1 Å². The highest BCUT2D eigenvalue weighted by Gasteiger charge is 2.23. The number of aryl methyl sites for hydroxylation is 2. The Morgan fingerprint density at radius 3 is 2.36 bits per heavy atom. The molecule has 5 rings (SSSR count). The van der Waals surface area contributed by atoms with Gasteiger partial charge < -0.3 is 13.9 Å². The van der Waals surface area contributed by atoms with Crippen molar-refractivity contribution in [3.05, 3.63) is 58.4 Å². The summed E-state index contributed by atoms with van der Waals surface area (Å²) < 4.78 is 10.7. The summed E-state index contributed by atoms with van der Waals surface area (Å²) in [6.45, 7) is 5.48. The van der Waals surface area contributed by atoms with Gasteiger partial charge in [0.15, 0.2) is 0 Å². The molecule has 0 atom stereocenters. The predicted octanol–water partition coefficient (Wildman–Crippen LogP) is 3.43. The van der Waals surface area contributed by atoms with Crippen LogP contribution in [-0.4, -0.2) is 62.2 Å². The molecule has 9 nitrogen and oxygen atoms in total. The van der Waals surface area contributed by atoms with Crippen LogP contribution >= 0.6 is 11.3 Å². The number of carbonyl (C=O) groups is 1. The number of hydrogen-bond acceptors (Lipinski definition) is 9. The van der Waals surface area contributed by atoms with Gasteiger partial charge in [-0.1, -0.05) is 40.1 Å². The molecule has 1 saturated heterocycles. The molecule has 1 amide bonds. The molecule has 1 aliphatic rings. The minimum absolute atomic E-state index is 0.101. The van der Waals surface area contributed by atoms with Gasteiger partial charge in [0.1, 0.15) is 0 Å². The third-order valence-corrected chi connectivity index (χ3v) is 6.35. The average molecular weight is 465 g/mol. The highest BCUT2D eigenvalue weighted by molar-refractivity contribution is 7.08. The van der Waals surface area contributed by atoms with Crippen LogP contribution in [0.5, 0.6) is 0 Å². The van der Waals surface area contributed by atoms with Crippen LogP contribution in [0.3, 0.4) is 0 Å². The summed E-state index contributed by atoms with van der Waals surface area (Å²) in [5.41, 5.74) is 3.06. The van der Waals surface area contributed by atoms with Gasteiger partial charge in [0, 0.05) is 55.5 Å². The first-order valence-electron chi connectivity index (χ1n) is 10.9. The number of piperazine rings is 1. The van der Waals surface area contributed by atoms with Gasteiger partial charge in [-0.2, -0.15) is 21.3 Å². The second kappa shape index (κ2) is 9.63. The molecule has 4 aromatic rings. The first kappa shape index (κ1) is 21.5. The van der Waals surface area contributed by atoms with Gasteiger partial charge in [-0.3, -0.25) is 9.69 Å². The first-order chi connectivity index (χ1) is 16.1. The maximum absolute atomic E-state index is 12.6. The molecule has 0 bridgehead atoms. The lowest BCUT2D eigenvalue weighted by molar-refractivity contribution is -0.133. The van der Waals surface area contributed by atoms with Crippen molar-refractivity contribution in [2.24, 2.45) is 0 Å². The van der Waals surface area contributed by atoms with Crippen LogP contribution in [-0.2, 0) is 17.8 Å². The van der Waals surface area contributed by atoms with Crippen molar-refractivity contribution in [3.63, 3.8) is 0 Å². The number of hydrogen-bond donors (Lipinski definition) is 0. The Bertz CT molecular complexity index is 1190. The lowest BCUT2D eigenvalue weighted by Crippen LogP contribution is -2.48. The van der Waals surface area contributed by atoms with Crippen molar-refractivity contribution in [2.45, 2.75) is 26.3 Å². The number of aromatic nitrogens is 4. The van der Waals surface area contributed by atoms with Gasteiger partial charge in [-0.15, -0.1) is 0 Å². The van der Waals surface area contributed by atoms with E-state index in [4.69, 9.17) is 9.05 Å². The standard InChI is InChI=1S/C23H24N6O3S/c1-16-2-4-17(5-3-16)22-25-20(32-26-22)14-28-9-11-29(12-10-28)21(30)7-6-19-24-23(27-31-19)18-8-13-33-15-18/h2-5,8,13,15H,6-7,9-12,14H2,1H3. The molecule has 170 valence electrons. The highest BCUT2D eigenvalue weighted by atomic mass is 32.1. The van der Waals surface area contributed by atoms with E-state index >= 15 is 0 Å². The molecule has 0 aliphatic carbocycles. The zero-order valence-corrected chi connectivity index (χ0v) is 19.1. The average Bonchev–Trinajstić information content (AvgIpc) is 3.60. The van der Waals surface area contributed by atoms with Crippen LogP contribution in [0.4, 0.5) is 0 Å². The molecule has 1 fully saturated rings. The number of thiophene rings is 1. The lowest BCUT2D eigenvalue weighted by atomic mass is 10.1. The monoisotopic (exact) mass is 464 g/mol. The smallest absolute Gasteiger partial charge is 0.241 e. The first-order valence-corrected chi connectivity index (χ1v) is 11.8. The number of benzene rings is 1. The fraction of sp³-hybridized carbons (Fsp3) is 0.348. The van der Waals surface area contributed by atoms with E-state index in [2.05, 4.69) is 25.2 Å².